The highest BCUT2D eigenvalue weighted by Crippen LogP contribution is 2.19. The third-order valence-electron chi connectivity index (χ3n) is 4.99. The van der Waals surface area contributed by atoms with Crippen molar-refractivity contribution in [3.8, 4) is 0 Å². The lowest BCUT2D eigenvalue weighted by atomic mass is 10.2. The van der Waals surface area contributed by atoms with Crippen LogP contribution in [-0.2, 0) is 33.1 Å². The highest BCUT2D eigenvalue weighted by atomic mass is 32.2. The minimum absolute atomic E-state index is 0.0334. The largest absolute Gasteiger partial charge is 0.452 e. The predicted octanol–water partition coefficient (Wildman–Crippen LogP) is 1.64. The van der Waals surface area contributed by atoms with E-state index in [-0.39, 0.29) is 4.90 Å². The maximum atomic E-state index is 12.6. The number of nitrogens with two attached hydrogens (primary N) is 1. The maximum absolute atomic E-state index is 12.6. The first-order valence-corrected chi connectivity index (χ1v) is 11.3. The fourth-order valence-corrected chi connectivity index (χ4v) is 3.85. The van der Waals surface area contributed by atoms with Crippen molar-refractivity contribution in [2.24, 2.45) is 12.2 Å². The number of sulfonamides is 1. The number of primary sulfonamides is 1. The molecular formula is C21H25N5O5S. The number of hydrogen-bond acceptors (Lipinski definition) is 6. The molecule has 0 aliphatic rings. The zero-order valence-electron chi connectivity index (χ0n) is 18.2. The number of esters is 1. The van der Waals surface area contributed by atoms with Crippen LogP contribution in [0.2, 0.25) is 0 Å². The van der Waals surface area contributed by atoms with E-state index in [1.54, 1.807) is 45.2 Å². The Morgan fingerprint density at radius 2 is 1.78 bits per heavy atom. The Bertz CT molecular complexity index is 1270. The SMILES string of the molecule is Cc1cc(NC(=O)COC(=O)c2cc(C)n(Cc3ccc(S(N)(=O)=O)cc3)c2C)n(C)n1. The third-order valence-corrected chi connectivity index (χ3v) is 5.92. The molecule has 170 valence electrons. The highest BCUT2D eigenvalue weighted by molar-refractivity contribution is 7.89. The summed E-state index contributed by atoms with van der Waals surface area (Å²) in [6.45, 7) is 5.43. The molecule has 3 aromatic rings. The van der Waals surface area contributed by atoms with E-state index in [0.29, 0.717) is 23.6 Å². The van der Waals surface area contributed by atoms with Crippen molar-refractivity contribution in [2.75, 3.05) is 11.9 Å². The van der Waals surface area contributed by atoms with E-state index in [1.807, 2.05) is 11.5 Å². The molecular weight excluding hydrogens is 434 g/mol. The minimum atomic E-state index is -3.76. The number of hydrogen-bond donors (Lipinski definition) is 2. The third kappa shape index (κ3) is 5.24. The summed E-state index contributed by atoms with van der Waals surface area (Å²) < 4.78 is 31.4. The van der Waals surface area contributed by atoms with Gasteiger partial charge >= 0.3 is 5.97 Å². The van der Waals surface area contributed by atoms with E-state index in [1.165, 1.54) is 16.8 Å². The van der Waals surface area contributed by atoms with Gasteiger partial charge in [0.05, 0.1) is 16.2 Å². The van der Waals surface area contributed by atoms with E-state index in [2.05, 4.69) is 10.4 Å². The van der Waals surface area contributed by atoms with Gasteiger partial charge in [-0.15, -0.1) is 0 Å². The molecule has 3 N–H and O–H groups in total. The van der Waals surface area contributed by atoms with Crippen LogP contribution in [0.15, 0.2) is 41.3 Å². The van der Waals surface area contributed by atoms with Gasteiger partial charge < -0.3 is 14.6 Å². The number of aryl methyl sites for hydroxylation is 3. The van der Waals surface area contributed by atoms with Gasteiger partial charge in [0, 0.05) is 31.0 Å². The van der Waals surface area contributed by atoms with Crippen molar-refractivity contribution in [1.29, 1.82) is 0 Å². The molecule has 10 nitrogen and oxygen atoms in total. The second-order valence-electron chi connectivity index (χ2n) is 7.48. The molecule has 0 saturated carbocycles. The number of rotatable bonds is 7. The van der Waals surface area contributed by atoms with E-state index in [0.717, 1.165) is 17.0 Å². The van der Waals surface area contributed by atoms with Gasteiger partial charge in [-0.1, -0.05) is 12.1 Å². The van der Waals surface area contributed by atoms with Crippen LogP contribution in [-0.4, -0.2) is 41.2 Å². The average molecular weight is 460 g/mol. The van der Waals surface area contributed by atoms with Gasteiger partial charge in [-0.3, -0.25) is 9.48 Å². The molecule has 1 aromatic carbocycles. The van der Waals surface area contributed by atoms with Gasteiger partial charge in [0.2, 0.25) is 10.0 Å². The Morgan fingerprint density at radius 3 is 2.34 bits per heavy atom. The minimum Gasteiger partial charge on any atom is -0.452 e. The van der Waals surface area contributed by atoms with Crippen molar-refractivity contribution in [2.45, 2.75) is 32.2 Å². The Hall–Kier alpha value is -3.44. The first kappa shape index (κ1) is 23.2. The quantitative estimate of drug-likeness (QED) is 0.515. The molecule has 0 aliphatic carbocycles. The molecule has 0 radical (unpaired) electrons. The Kier molecular flexibility index (Phi) is 6.51. The predicted molar refractivity (Wildman–Crippen MR) is 118 cm³/mol. The lowest BCUT2D eigenvalue weighted by molar-refractivity contribution is -0.119. The first-order chi connectivity index (χ1) is 15.0. The summed E-state index contributed by atoms with van der Waals surface area (Å²) in [7, 11) is -2.06. The summed E-state index contributed by atoms with van der Waals surface area (Å²) in [6.07, 6.45) is 0. The number of carbonyl (C=O) groups excluding carboxylic acids is 2. The highest BCUT2D eigenvalue weighted by Gasteiger charge is 2.19. The summed E-state index contributed by atoms with van der Waals surface area (Å²) in [4.78, 5) is 24.7. The molecule has 11 heteroatoms. The van der Waals surface area contributed by atoms with Crippen LogP contribution in [0.5, 0.6) is 0 Å². The lowest BCUT2D eigenvalue weighted by Crippen LogP contribution is -2.22. The second kappa shape index (κ2) is 8.97. The standard InChI is InChI=1S/C21H25N5O5S/c1-13-9-19(25(4)24-13)23-20(27)12-31-21(28)18-10-14(2)26(15(18)3)11-16-5-7-17(8-6-16)32(22,29)30/h5-10H,11-12H2,1-4H3,(H,23,27)(H2,22,29,30). The number of amides is 1. The van der Waals surface area contributed by atoms with Gasteiger partial charge in [-0.05, 0) is 44.5 Å². The lowest BCUT2D eigenvalue weighted by Gasteiger charge is -2.11. The molecule has 0 unspecified atom stereocenters. The van der Waals surface area contributed by atoms with Crippen LogP contribution >= 0.6 is 0 Å². The molecule has 0 atom stereocenters. The summed E-state index contributed by atoms with van der Waals surface area (Å²) in [5, 5.41) is 11.9. The number of aromatic nitrogens is 3. The number of benzene rings is 1. The molecule has 2 aromatic heterocycles. The van der Waals surface area contributed by atoms with Gasteiger partial charge in [-0.2, -0.15) is 5.10 Å². The van der Waals surface area contributed by atoms with E-state index in [4.69, 9.17) is 9.88 Å². The number of ether oxygens (including phenoxy) is 1. The molecule has 1 amide bonds. The van der Waals surface area contributed by atoms with Crippen molar-refractivity contribution in [3.05, 3.63) is 64.6 Å². The molecule has 3 rings (SSSR count). The van der Waals surface area contributed by atoms with Gasteiger partial charge in [0.1, 0.15) is 5.82 Å². The van der Waals surface area contributed by atoms with Crippen LogP contribution < -0.4 is 10.5 Å². The van der Waals surface area contributed by atoms with Gasteiger partial charge in [0.25, 0.3) is 5.91 Å². The van der Waals surface area contributed by atoms with Crippen molar-refractivity contribution >= 4 is 27.7 Å². The molecule has 2 heterocycles. The summed E-state index contributed by atoms with van der Waals surface area (Å²) >= 11 is 0. The van der Waals surface area contributed by atoms with Crippen molar-refractivity contribution in [3.63, 3.8) is 0 Å². The zero-order chi connectivity index (χ0) is 23.6. The van der Waals surface area contributed by atoms with Crippen LogP contribution in [0, 0.1) is 20.8 Å². The fourth-order valence-electron chi connectivity index (χ4n) is 3.33. The summed E-state index contributed by atoms with van der Waals surface area (Å²) in [6, 6.07) is 9.62. The number of nitrogens with one attached hydrogen (secondary N) is 1. The molecule has 0 spiro atoms. The van der Waals surface area contributed by atoms with E-state index >= 15 is 0 Å². The second-order valence-corrected chi connectivity index (χ2v) is 9.04. The van der Waals surface area contributed by atoms with Crippen LogP contribution in [0.4, 0.5) is 5.82 Å². The molecule has 0 fully saturated rings. The fraction of sp³-hybridized carbons (Fsp3) is 0.286. The first-order valence-electron chi connectivity index (χ1n) is 9.72. The van der Waals surface area contributed by atoms with Crippen LogP contribution in [0.3, 0.4) is 0 Å². The molecule has 0 saturated heterocycles. The number of nitrogens with zero attached hydrogens (tertiary/aromatic N) is 3. The Balaban J connectivity index is 1.66. The molecule has 0 aliphatic heterocycles. The topological polar surface area (TPSA) is 138 Å². The summed E-state index contributed by atoms with van der Waals surface area (Å²) in [5.41, 5.74) is 3.44. The monoisotopic (exact) mass is 459 g/mol. The number of carbonyl (C=O) groups is 2. The van der Waals surface area contributed by atoms with Crippen LogP contribution in [0.25, 0.3) is 0 Å². The molecule has 0 bridgehead atoms. The zero-order valence-corrected chi connectivity index (χ0v) is 19.1. The Morgan fingerprint density at radius 1 is 1.12 bits per heavy atom. The van der Waals surface area contributed by atoms with E-state index < -0.39 is 28.5 Å². The number of anilines is 1. The maximum Gasteiger partial charge on any atom is 0.340 e. The normalized spacial score (nSPS) is 11.4. The van der Waals surface area contributed by atoms with Crippen molar-refractivity contribution < 1.29 is 22.7 Å². The van der Waals surface area contributed by atoms with Crippen molar-refractivity contribution in [1.82, 2.24) is 14.3 Å². The average Bonchev–Trinajstić information content (AvgIpc) is 3.18. The summed E-state index contributed by atoms with van der Waals surface area (Å²) in [5.74, 6) is -0.564. The Labute approximate surface area is 186 Å². The smallest absolute Gasteiger partial charge is 0.340 e. The van der Waals surface area contributed by atoms with Crippen LogP contribution in [0.1, 0.15) is 33.0 Å². The van der Waals surface area contributed by atoms with Gasteiger partial charge in [-0.25, -0.2) is 18.4 Å². The molecule has 32 heavy (non-hydrogen) atoms. The van der Waals surface area contributed by atoms with Gasteiger partial charge in [0.15, 0.2) is 6.61 Å². The van der Waals surface area contributed by atoms with E-state index in [9.17, 15) is 18.0 Å².